The summed E-state index contributed by atoms with van der Waals surface area (Å²) in [5, 5.41) is 10.3. The van der Waals surface area contributed by atoms with Gasteiger partial charge in [-0.3, -0.25) is 14.6 Å². The topological polar surface area (TPSA) is 84.2 Å². The number of benzene rings is 1. The Morgan fingerprint density at radius 3 is 2.76 bits per heavy atom. The molecule has 4 heterocycles. The molecule has 180 valence electrons. The summed E-state index contributed by atoms with van der Waals surface area (Å²) in [7, 11) is 0. The number of thiophene rings is 1. The van der Waals surface area contributed by atoms with Gasteiger partial charge in [-0.1, -0.05) is 19.1 Å². The molecule has 0 unspecified atom stereocenters. The van der Waals surface area contributed by atoms with E-state index >= 15 is 0 Å². The van der Waals surface area contributed by atoms with Crippen molar-refractivity contribution in [2.24, 2.45) is 0 Å². The average molecular weight is 484 g/mol. The fourth-order valence-corrected chi connectivity index (χ4v) is 4.93. The normalized spacial score (nSPS) is 15.9. The molecule has 2 aliphatic heterocycles. The third kappa shape index (κ3) is 5.40. The molecule has 1 amide bonds. The van der Waals surface area contributed by atoms with E-state index in [2.05, 4.69) is 33.0 Å². The van der Waals surface area contributed by atoms with Crippen LogP contribution in [0.25, 0.3) is 10.8 Å². The van der Waals surface area contributed by atoms with E-state index in [4.69, 9.17) is 13.9 Å². The van der Waals surface area contributed by atoms with Gasteiger partial charge in [0.05, 0.1) is 18.0 Å². The number of amides is 1. The van der Waals surface area contributed by atoms with Gasteiger partial charge in [0.25, 0.3) is 5.89 Å². The van der Waals surface area contributed by atoms with Gasteiger partial charge < -0.3 is 18.8 Å². The summed E-state index contributed by atoms with van der Waals surface area (Å²) in [4.78, 5) is 20.4. The van der Waals surface area contributed by atoms with E-state index in [1.165, 1.54) is 5.56 Å². The first kappa shape index (κ1) is 22.8. The van der Waals surface area contributed by atoms with Gasteiger partial charge in [0, 0.05) is 32.7 Å². The molecule has 1 aromatic carbocycles. The molecule has 5 rings (SSSR count). The molecule has 1 saturated heterocycles. The molecule has 0 N–H and O–H groups in total. The highest BCUT2D eigenvalue weighted by Gasteiger charge is 2.24. The maximum atomic E-state index is 13.0. The van der Waals surface area contributed by atoms with Gasteiger partial charge in [-0.2, -0.15) is 0 Å². The second kappa shape index (κ2) is 10.5. The van der Waals surface area contributed by atoms with E-state index in [1.54, 1.807) is 11.3 Å². The molecule has 0 radical (unpaired) electrons. The Bertz CT molecular complexity index is 1090. The zero-order valence-corrected chi connectivity index (χ0v) is 20.1. The van der Waals surface area contributed by atoms with Crippen molar-refractivity contribution >= 4 is 17.2 Å². The van der Waals surface area contributed by atoms with Crippen LogP contribution in [0, 0.1) is 0 Å². The molecule has 2 aromatic heterocycles. The lowest BCUT2D eigenvalue weighted by Gasteiger charge is -2.35. The summed E-state index contributed by atoms with van der Waals surface area (Å²) < 4.78 is 16.7. The molecule has 2 aliphatic rings. The Balaban J connectivity index is 1.11. The van der Waals surface area contributed by atoms with Gasteiger partial charge in [-0.15, -0.1) is 21.5 Å². The number of hydrogen-bond acceptors (Lipinski definition) is 9. The number of nitrogens with zero attached hydrogens (tertiary/aromatic N) is 5. The van der Waals surface area contributed by atoms with Crippen LogP contribution >= 0.6 is 11.3 Å². The van der Waals surface area contributed by atoms with Gasteiger partial charge in [-0.05, 0) is 42.1 Å². The van der Waals surface area contributed by atoms with Crippen molar-refractivity contribution in [2.45, 2.75) is 26.4 Å². The Hall–Kier alpha value is -2.95. The van der Waals surface area contributed by atoms with Crippen LogP contribution in [0.4, 0.5) is 0 Å². The van der Waals surface area contributed by atoms with E-state index < -0.39 is 0 Å². The molecular weight excluding hydrogens is 454 g/mol. The van der Waals surface area contributed by atoms with E-state index in [1.807, 2.05) is 34.5 Å². The number of ether oxygens (including phenoxy) is 2. The molecule has 0 bridgehead atoms. The van der Waals surface area contributed by atoms with Crippen LogP contribution < -0.4 is 9.47 Å². The van der Waals surface area contributed by atoms with Crippen LogP contribution in [0.2, 0.25) is 0 Å². The van der Waals surface area contributed by atoms with E-state index in [9.17, 15) is 4.79 Å². The van der Waals surface area contributed by atoms with Crippen LogP contribution in [0.5, 0.6) is 11.5 Å². The molecular formula is C24H29N5O4S. The fourth-order valence-electron chi connectivity index (χ4n) is 4.28. The lowest BCUT2D eigenvalue weighted by molar-refractivity contribution is -0.134. The quantitative estimate of drug-likeness (QED) is 0.459. The zero-order chi connectivity index (χ0) is 23.3. The number of fused-ring (bicyclic) bond motifs is 1. The maximum absolute atomic E-state index is 13.0. The molecule has 9 nitrogen and oxygen atoms in total. The van der Waals surface area contributed by atoms with Crippen molar-refractivity contribution in [1.82, 2.24) is 24.9 Å². The Morgan fingerprint density at radius 2 is 1.97 bits per heavy atom. The van der Waals surface area contributed by atoms with E-state index in [-0.39, 0.29) is 12.7 Å². The van der Waals surface area contributed by atoms with Gasteiger partial charge >= 0.3 is 0 Å². The summed E-state index contributed by atoms with van der Waals surface area (Å²) in [6, 6.07) is 10.0. The Morgan fingerprint density at radius 1 is 1.12 bits per heavy atom. The first-order chi connectivity index (χ1) is 16.7. The Labute approximate surface area is 202 Å². The molecule has 0 spiro atoms. The van der Waals surface area contributed by atoms with Crippen molar-refractivity contribution in [2.75, 3.05) is 46.1 Å². The summed E-state index contributed by atoms with van der Waals surface area (Å²) in [6.07, 6.45) is 0.947. The van der Waals surface area contributed by atoms with Gasteiger partial charge in [0.2, 0.25) is 18.6 Å². The van der Waals surface area contributed by atoms with Gasteiger partial charge in [0.1, 0.15) is 0 Å². The predicted octanol–water partition coefficient (Wildman–Crippen LogP) is 3.08. The lowest BCUT2D eigenvalue weighted by Crippen LogP contribution is -2.50. The number of carbonyl (C=O) groups excluding carboxylic acids is 1. The monoisotopic (exact) mass is 483 g/mol. The summed E-state index contributed by atoms with van der Waals surface area (Å²) in [6.45, 7) is 8.02. The lowest BCUT2D eigenvalue weighted by atomic mass is 10.1. The van der Waals surface area contributed by atoms with Crippen molar-refractivity contribution in [1.29, 1.82) is 0 Å². The molecule has 0 aliphatic carbocycles. The third-order valence-electron chi connectivity index (χ3n) is 6.02. The van der Waals surface area contributed by atoms with Crippen LogP contribution in [0.15, 0.2) is 40.1 Å². The molecule has 34 heavy (non-hydrogen) atoms. The average Bonchev–Trinajstić information content (AvgIpc) is 3.61. The maximum Gasteiger partial charge on any atom is 0.257 e. The number of hydrogen-bond donors (Lipinski definition) is 0. The minimum absolute atomic E-state index is 0.147. The van der Waals surface area contributed by atoms with Crippen LogP contribution in [-0.4, -0.2) is 76.9 Å². The molecule has 0 atom stereocenters. The predicted molar refractivity (Wildman–Crippen MR) is 128 cm³/mol. The summed E-state index contributed by atoms with van der Waals surface area (Å²) in [5.41, 5.74) is 1.19. The minimum Gasteiger partial charge on any atom is -0.454 e. The molecule has 3 aromatic rings. The van der Waals surface area contributed by atoms with Gasteiger partial charge in [-0.25, -0.2) is 0 Å². The van der Waals surface area contributed by atoms with Crippen molar-refractivity contribution < 1.29 is 18.7 Å². The van der Waals surface area contributed by atoms with Crippen LogP contribution in [0.1, 0.15) is 24.8 Å². The van der Waals surface area contributed by atoms with Crippen LogP contribution in [0.3, 0.4) is 0 Å². The third-order valence-corrected chi connectivity index (χ3v) is 6.88. The van der Waals surface area contributed by atoms with Crippen molar-refractivity contribution in [3.8, 4) is 22.3 Å². The fraction of sp³-hybridized carbons (Fsp3) is 0.458. The SMILES string of the molecule is CCCN(CC(=O)N1CCN(Cc2ccc3c(c2)OCO3)CC1)Cc1nnc(-c2cccs2)o1. The van der Waals surface area contributed by atoms with Gasteiger partial charge in [0.15, 0.2) is 11.5 Å². The van der Waals surface area contributed by atoms with E-state index in [0.29, 0.717) is 24.9 Å². The number of aromatic nitrogens is 2. The first-order valence-corrected chi connectivity index (χ1v) is 12.5. The summed E-state index contributed by atoms with van der Waals surface area (Å²) >= 11 is 1.57. The molecule has 0 saturated carbocycles. The van der Waals surface area contributed by atoms with Crippen LogP contribution in [-0.2, 0) is 17.9 Å². The minimum atomic E-state index is 0.147. The second-order valence-electron chi connectivity index (χ2n) is 8.53. The number of rotatable bonds is 9. The largest absolute Gasteiger partial charge is 0.454 e. The summed E-state index contributed by atoms with van der Waals surface area (Å²) in [5.74, 6) is 2.84. The number of carbonyl (C=O) groups is 1. The highest BCUT2D eigenvalue weighted by molar-refractivity contribution is 7.13. The van der Waals surface area contributed by atoms with E-state index in [0.717, 1.165) is 62.1 Å². The molecule has 10 heteroatoms. The standard InChI is InChI=1S/C24H29N5O4S/c1-2-7-28(15-22-25-26-24(33-22)21-4-3-12-34-21)16-23(30)29-10-8-27(9-11-29)14-18-5-6-19-20(13-18)32-17-31-19/h3-6,12-13H,2,7-11,14-17H2,1H3. The highest BCUT2D eigenvalue weighted by Crippen LogP contribution is 2.33. The Kier molecular flexibility index (Phi) is 7.08. The first-order valence-electron chi connectivity index (χ1n) is 11.6. The highest BCUT2D eigenvalue weighted by atomic mass is 32.1. The smallest absolute Gasteiger partial charge is 0.257 e. The number of piperazine rings is 1. The molecule has 1 fully saturated rings. The van der Waals surface area contributed by atoms with Crippen molar-refractivity contribution in [3.05, 3.63) is 47.2 Å². The zero-order valence-electron chi connectivity index (χ0n) is 19.3. The second-order valence-corrected chi connectivity index (χ2v) is 9.48. The van der Waals surface area contributed by atoms with Crippen molar-refractivity contribution in [3.63, 3.8) is 0 Å².